The number of aryl methyl sites for hydroxylation is 1. The summed E-state index contributed by atoms with van der Waals surface area (Å²) in [5.41, 5.74) is 1.97. The first-order valence-corrected chi connectivity index (χ1v) is 8.90. The summed E-state index contributed by atoms with van der Waals surface area (Å²) in [6.07, 6.45) is 4.40. The predicted octanol–water partition coefficient (Wildman–Crippen LogP) is 3.22. The highest BCUT2D eigenvalue weighted by Crippen LogP contribution is 2.14. The third kappa shape index (κ3) is 4.10. The summed E-state index contributed by atoms with van der Waals surface area (Å²) in [4.78, 5) is 28.7. The standard InChI is InChI=1S/C20H24N2O3/c1-2-5-16-7-9-17(10-8-16)19(23)21-11-4-12-22(14-13-21)20(24)18-6-3-15-25-18/h3,6-10,15H,2,4-5,11-14H2,1H3. The topological polar surface area (TPSA) is 53.8 Å². The Morgan fingerprint density at radius 1 is 0.960 bits per heavy atom. The molecule has 0 unspecified atom stereocenters. The molecule has 25 heavy (non-hydrogen) atoms. The first-order valence-electron chi connectivity index (χ1n) is 8.90. The van der Waals surface area contributed by atoms with Gasteiger partial charge >= 0.3 is 0 Å². The number of rotatable bonds is 4. The molecule has 0 bridgehead atoms. The van der Waals surface area contributed by atoms with Gasteiger partial charge < -0.3 is 14.2 Å². The van der Waals surface area contributed by atoms with Gasteiger partial charge in [-0.1, -0.05) is 25.5 Å². The van der Waals surface area contributed by atoms with E-state index in [1.54, 1.807) is 17.0 Å². The van der Waals surface area contributed by atoms with Crippen LogP contribution in [-0.4, -0.2) is 47.8 Å². The van der Waals surface area contributed by atoms with Crippen LogP contribution in [0.3, 0.4) is 0 Å². The van der Waals surface area contributed by atoms with Crippen molar-refractivity contribution in [2.45, 2.75) is 26.2 Å². The van der Waals surface area contributed by atoms with Crippen LogP contribution in [0.1, 0.15) is 46.2 Å². The Morgan fingerprint density at radius 3 is 2.24 bits per heavy atom. The zero-order chi connectivity index (χ0) is 17.6. The van der Waals surface area contributed by atoms with Crippen molar-refractivity contribution in [3.8, 4) is 0 Å². The van der Waals surface area contributed by atoms with Gasteiger partial charge in [0.2, 0.25) is 0 Å². The summed E-state index contributed by atoms with van der Waals surface area (Å²) in [6, 6.07) is 11.3. The monoisotopic (exact) mass is 340 g/mol. The van der Waals surface area contributed by atoms with Crippen molar-refractivity contribution in [1.29, 1.82) is 0 Å². The molecular formula is C20H24N2O3. The maximum Gasteiger partial charge on any atom is 0.289 e. The van der Waals surface area contributed by atoms with E-state index in [0.717, 1.165) is 19.3 Å². The molecule has 0 atom stereocenters. The molecule has 1 aliphatic heterocycles. The van der Waals surface area contributed by atoms with Crippen molar-refractivity contribution in [2.24, 2.45) is 0 Å². The quantitative estimate of drug-likeness (QED) is 0.859. The second-order valence-corrected chi connectivity index (χ2v) is 6.36. The van der Waals surface area contributed by atoms with Crippen LogP contribution in [0.2, 0.25) is 0 Å². The van der Waals surface area contributed by atoms with Gasteiger partial charge in [-0.15, -0.1) is 0 Å². The number of hydrogen-bond acceptors (Lipinski definition) is 3. The van der Waals surface area contributed by atoms with Gasteiger partial charge in [0, 0.05) is 31.7 Å². The fourth-order valence-electron chi connectivity index (χ4n) is 3.16. The molecule has 0 saturated carbocycles. The molecule has 0 aliphatic carbocycles. The van der Waals surface area contributed by atoms with Crippen LogP contribution in [0.5, 0.6) is 0 Å². The van der Waals surface area contributed by atoms with E-state index in [2.05, 4.69) is 6.92 Å². The highest BCUT2D eigenvalue weighted by molar-refractivity contribution is 5.94. The van der Waals surface area contributed by atoms with Crippen molar-refractivity contribution in [2.75, 3.05) is 26.2 Å². The third-order valence-electron chi connectivity index (χ3n) is 4.54. The average Bonchev–Trinajstić information content (AvgIpc) is 3.06. The molecule has 3 rings (SSSR count). The highest BCUT2D eigenvalue weighted by atomic mass is 16.3. The molecule has 5 heteroatoms. The predicted molar refractivity (Wildman–Crippen MR) is 95.6 cm³/mol. The van der Waals surface area contributed by atoms with E-state index < -0.39 is 0 Å². The van der Waals surface area contributed by atoms with Gasteiger partial charge in [-0.05, 0) is 42.7 Å². The molecule has 2 aromatic rings. The van der Waals surface area contributed by atoms with Crippen molar-refractivity contribution in [3.63, 3.8) is 0 Å². The van der Waals surface area contributed by atoms with Crippen LogP contribution >= 0.6 is 0 Å². The van der Waals surface area contributed by atoms with E-state index in [1.165, 1.54) is 11.8 Å². The smallest absolute Gasteiger partial charge is 0.289 e. The molecule has 5 nitrogen and oxygen atoms in total. The lowest BCUT2D eigenvalue weighted by Crippen LogP contribution is -2.37. The second kappa shape index (κ2) is 8.01. The van der Waals surface area contributed by atoms with E-state index >= 15 is 0 Å². The van der Waals surface area contributed by atoms with E-state index in [0.29, 0.717) is 37.5 Å². The lowest BCUT2D eigenvalue weighted by Gasteiger charge is -2.21. The largest absolute Gasteiger partial charge is 0.459 e. The van der Waals surface area contributed by atoms with Gasteiger partial charge in [0.15, 0.2) is 5.76 Å². The minimum absolute atomic E-state index is 0.0374. The summed E-state index contributed by atoms with van der Waals surface area (Å²) >= 11 is 0. The summed E-state index contributed by atoms with van der Waals surface area (Å²) in [5, 5.41) is 0. The van der Waals surface area contributed by atoms with Gasteiger partial charge in [0.25, 0.3) is 11.8 Å². The number of nitrogens with zero attached hydrogens (tertiary/aromatic N) is 2. The Morgan fingerprint density at radius 2 is 1.64 bits per heavy atom. The summed E-state index contributed by atoms with van der Waals surface area (Å²) < 4.78 is 5.19. The SMILES string of the molecule is CCCc1ccc(C(=O)N2CCCN(C(=O)c3ccco3)CC2)cc1. The molecule has 2 amide bonds. The van der Waals surface area contributed by atoms with E-state index in [9.17, 15) is 9.59 Å². The van der Waals surface area contributed by atoms with Crippen LogP contribution in [0, 0.1) is 0 Å². The van der Waals surface area contributed by atoms with Gasteiger partial charge in [0.05, 0.1) is 6.26 Å². The van der Waals surface area contributed by atoms with Crippen molar-refractivity contribution in [3.05, 3.63) is 59.5 Å². The van der Waals surface area contributed by atoms with Crippen LogP contribution in [0.15, 0.2) is 47.1 Å². The Labute approximate surface area is 148 Å². The van der Waals surface area contributed by atoms with Crippen LogP contribution in [-0.2, 0) is 6.42 Å². The molecule has 0 spiro atoms. The lowest BCUT2D eigenvalue weighted by molar-refractivity contribution is 0.0700. The van der Waals surface area contributed by atoms with Crippen LogP contribution < -0.4 is 0 Å². The van der Waals surface area contributed by atoms with Gasteiger partial charge in [0.1, 0.15) is 0 Å². The second-order valence-electron chi connectivity index (χ2n) is 6.36. The van der Waals surface area contributed by atoms with E-state index in [1.807, 2.05) is 29.2 Å². The van der Waals surface area contributed by atoms with Crippen LogP contribution in [0.25, 0.3) is 0 Å². The molecule has 0 radical (unpaired) electrons. The fraction of sp³-hybridized carbons (Fsp3) is 0.400. The van der Waals surface area contributed by atoms with Crippen molar-refractivity contribution < 1.29 is 14.0 Å². The summed E-state index contributed by atoms with van der Waals surface area (Å²) in [6.45, 7) is 4.52. The Hall–Kier alpha value is -2.56. The number of carbonyl (C=O) groups is 2. The zero-order valence-electron chi connectivity index (χ0n) is 14.6. The first kappa shape index (κ1) is 17.3. The molecule has 1 aliphatic rings. The first-order chi connectivity index (χ1) is 12.2. The number of benzene rings is 1. The molecule has 132 valence electrons. The molecular weight excluding hydrogens is 316 g/mol. The van der Waals surface area contributed by atoms with E-state index in [-0.39, 0.29) is 11.8 Å². The normalized spacial score (nSPS) is 15.1. The molecule has 1 aromatic carbocycles. The number of carbonyl (C=O) groups excluding carboxylic acids is 2. The lowest BCUT2D eigenvalue weighted by atomic mass is 10.1. The van der Waals surface area contributed by atoms with Gasteiger partial charge in [-0.2, -0.15) is 0 Å². The molecule has 1 fully saturated rings. The molecule has 1 aromatic heterocycles. The number of furan rings is 1. The number of hydrogen-bond donors (Lipinski definition) is 0. The van der Waals surface area contributed by atoms with Gasteiger partial charge in [-0.25, -0.2) is 0 Å². The zero-order valence-corrected chi connectivity index (χ0v) is 14.6. The fourth-order valence-corrected chi connectivity index (χ4v) is 3.16. The average molecular weight is 340 g/mol. The third-order valence-corrected chi connectivity index (χ3v) is 4.54. The maximum atomic E-state index is 12.7. The van der Waals surface area contributed by atoms with E-state index in [4.69, 9.17) is 4.42 Å². The minimum atomic E-state index is -0.108. The maximum absolute atomic E-state index is 12.7. The number of amides is 2. The van der Waals surface area contributed by atoms with Crippen molar-refractivity contribution in [1.82, 2.24) is 9.80 Å². The van der Waals surface area contributed by atoms with Gasteiger partial charge in [-0.3, -0.25) is 9.59 Å². The summed E-state index contributed by atoms with van der Waals surface area (Å²) in [7, 11) is 0. The Balaban J connectivity index is 1.62. The Kier molecular flexibility index (Phi) is 5.53. The minimum Gasteiger partial charge on any atom is -0.459 e. The highest BCUT2D eigenvalue weighted by Gasteiger charge is 2.24. The molecule has 1 saturated heterocycles. The summed E-state index contributed by atoms with van der Waals surface area (Å²) in [5.74, 6) is 0.282. The Bertz CT molecular complexity index is 707. The van der Waals surface area contributed by atoms with Crippen molar-refractivity contribution >= 4 is 11.8 Å². The van der Waals surface area contributed by atoms with Crippen LogP contribution in [0.4, 0.5) is 0 Å². The molecule has 0 N–H and O–H groups in total. The molecule has 2 heterocycles.